The van der Waals surface area contributed by atoms with E-state index in [1.807, 2.05) is 0 Å². The fraction of sp³-hybridized carbons (Fsp3) is 0. The minimum Gasteiger partial charge on any atom is -0.478 e. The molecule has 0 radical (unpaired) electrons. The molecule has 22 heavy (non-hydrogen) atoms. The molecule has 0 bridgehead atoms. The molecule has 2 rings (SSSR count). The lowest BCUT2D eigenvalue weighted by Gasteiger charge is -2.08. The molecular weight excluding hydrogens is 374 g/mol. The minimum atomic E-state index is -1.08. The Bertz CT molecular complexity index is 654. The van der Waals surface area contributed by atoms with E-state index in [2.05, 4.69) is 0 Å². The fourth-order valence-corrected chi connectivity index (χ4v) is 2.30. The van der Waals surface area contributed by atoms with Gasteiger partial charge in [-0.15, -0.1) is 24.8 Å². The monoisotopic (exact) mass is 382 g/mol. The summed E-state index contributed by atoms with van der Waals surface area (Å²) >= 11 is 12.1. The van der Waals surface area contributed by atoms with Crippen LogP contribution in [0.1, 0.15) is 20.7 Å². The third kappa shape index (κ3) is 4.27. The maximum absolute atomic E-state index is 10.8. The van der Waals surface area contributed by atoms with Crippen LogP contribution in [0.2, 0.25) is 10.0 Å². The molecule has 0 saturated carbocycles. The van der Waals surface area contributed by atoms with E-state index >= 15 is 0 Å². The van der Waals surface area contributed by atoms with Crippen LogP contribution in [0.15, 0.2) is 36.4 Å². The second-order valence-electron chi connectivity index (χ2n) is 4.00. The maximum atomic E-state index is 10.8. The van der Waals surface area contributed by atoms with E-state index in [4.69, 9.17) is 33.4 Å². The van der Waals surface area contributed by atoms with Crippen molar-refractivity contribution in [3.05, 3.63) is 57.6 Å². The summed E-state index contributed by atoms with van der Waals surface area (Å²) in [5, 5.41) is 18.2. The quantitative estimate of drug-likeness (QED) is 0.790. The molecule has 0 aliphatic heterocycles. The Morgan fingerprint density at radius 2 is 1.05 bits per heavy atom. The summed E-state index contributed by atoms with van der Waals surface area (Å²) < 4.78 is 0. The number of rotatable bonds is 3. The zero-order valence-electron chi connectivity index (χ0n) is 10.7. The molecule has 0 heterocycles. The summed E-state index contributed by atoms with van der Waals surface area (Å²) in [6, 6.07) is 8.53. The summed E-state index contributed by atoms with van der Waals surface area (Å²) in [6.07, 6.45) is 0. The van der Waals surface area contributed by atoms with Crippen molar-refractivity contribution < 1.29 is 19.8 Å². The summed E-state index contributed by atoms with van der Waals surface area (Å²) in [5.41, 5.74) is 1.21. The number of carboxylic acid groups (broad SMARTS) is 2. The van der Waals surface area contributed by atoms with Crippen LogP contribution >= 0.6 is 48.0 Å². The van der Waals surface area contributed by atoms with Crippen LogP contribution in [-0.2, 0) is 0 Å². The molecule has 4 nitrogen and oxygen atoms in total. The van der Waals surface area contributed by atoms with Crippen LogP contribution in [0.5, 0.6) is 0 Å². The maximum Gasteiger partial charge on any atom is 0.335 e. The van der Waals surface area contributed by atoms with Crippen molar-refractivity contribution in [2.75, 3.05) is 0 Å². The molecule has 0 amide bonds. The van der Waals surface area contributed by atoms with Gasteiger partial charge in [-0.05, 0) is 24.3 Å². The summed E-state index contributed by atoms with van der Waals surface area (Å²) in [7, 11) is 0. The highest BCUT2D eigenvalue weighted by Crippen LogP contribution is 2.34. The Morgan fingerprint density at radius 1 is 0.727 bits per heavy atom. The highest BCUT2D eigenvalue weighted by Gasteiger charge is 2.13. The highest BCUT2D eigenvalue weighted by molar-refractivity contribution is 6.36. The van der Waals surface area contributed by atoms with Crippen LogP contribution in [0, 0.1) is 0 Å². The van der Waals surface area contributed by atoms with Crippen molar-refractivity contribution in [1.29, 1.82) is 0 Å². The number of benzene rings is 2. The van der Waals surface area contributed by atoms with Crippen molar-refractivity contribution >= 4 is 60.0 Å². The van der Waals surface area contributed by atoms with Crippen LogP contribution < -0.4 is 0 Å². The summed E-state index contributed by atoms with van der Waals surface area (Å²) in [6.45, 7) is 0. The van der Waals surface area contributed by atoms with E-state index in [-0.39, 0.29) is 46.0 Å². The van der Waals surface area contributed by atoms with E-state index in [9.17, 15) is 9.59 Å². The van der Waals surface area contributed by atoms with E-state index in [0.717, 1.165) is 0 Å². The van der Waals surface area contributed by atoms with Crippen LogP contribution in [0.4, 0.5) is 0 Å². The molecule has 0 saturated heterocycles. The lowest BCUT2D eigenvalue weighted by molar-refractivity contribution is 0.0686. The standard InChI is InChI=1S/C14H8Cl2O4.2ClH/c15-11-5-7(13(17)18)1-3-9(11)10-4-2-8(14(19)20)6-12(10)16;;/h1-6H,(H,17,18)(H,19,20);2*1H. The molecule has 0 aromatic heterocycles. The Hall–Kier alpha value is -1.46. The van der Waals surface area contributed by atoms with Crippen molar-refractivity contribution in [3.63, 3.8) is 0 Å². The Balaban J connectivity index is 0.00000220. The topological polar surface area (TPSA) is 74.6 Å². The van der Waals surface area contributed by atoms with Gasteiger partial charge < -0.3 is 10.2 Å². The minimum absolute atomic E-state index is 0. The average molecular weight is 384 g/mol. The SMILES string of the molecule is Cl.Cl.O=C(O)c1ccc(-c2ccc(C(=O)O)cc2Cl)c(Cl)c1. The van der Waals surface area contributed by atoms with Gasteiger partial charge in [-0.3, -0.25) is 0 Å². The predicted molar refractivity (Wildman–Crippen MR) is 90.3 cm³/mol. The molecule has 0 atom stereocenters. The lowest BCUT2D eigenvalue weighted by atomic mass is 10.0. The first-order valence-corrected chi connectivity index (χ1v) is 6.22. The average Bonchev–Trinajstić information content (AvgIpc) is 2.38. The van der Waals surface area contributed by atoms with Gasteiger partial charge in [0.25, 0.3) is 0 Å². The third-order valence-electron chi connectivity index (χ3n) is 2.72. The second-order valence-corrected chi connectivity index (χ2v) is 4.81. The third-order valence-corrected chi connectivity index (χ3v) is 3.35. The number of carbonyl (C=O) groups is 2. The lowest BCUT2D eigenvalue weighted by Crippen LogP contribution is -1.97. The second kappa shape index (κ2) is 8.25. The van der Waals surface area contributed by atoms with Crippen LogP contribution in [0.3, 0.4) is 0 Å². The van der Waals surface area contributed by atoms with E-state index < -0.39 is 11.9 Å². The van der Waals surface area contributed by atoms with E-state index in [1.54, 1.807) is 0 Å². The van der Waals surface area contributed by atoms with Gasteiger partial charge in [-0.25, -0.2) is 9.59 Å². The van der Waals surface area contributed by atoms with Crippen molar-refractivity contribution in [2.45, 2.75) is 0 Å². The number of hydrogen-bond acceptors (Lipinski definition) is 2. The molecule has 0 aliphatic rings. The van der Waals surface area contributed by atoms with E-state index in [1.165, 1.54) is 36.4 Å². The van der Waals surface area contributed by atoms with Gasteiger partial charge in [0.1, 0.15) is 0 Å². The first kappa shape index (κ1) is 20.5. The predicted octanol–water partition coefficient (Wildman–Crippen LogP) is 4.90. The fourth-order valence-electron chi connectivity index (χ4n) is 1.73. The Kier molecular flexibility index (Phi) is 7.70. The molecule has 8 heteroatoms. The van der Waals surface area contributed by atoms with Crippen LogP contribution in [-0.4, -0.2) is 22.2 Å². The summed E-state index contributed by atoms with van der Waals surface area (Å²) in [5.74, 6) is -2.16. The molecule has 2 N–H and O–H groups in total. The first-order chi connectivity index (χ1) is 9.40. The normalized spacial score (nSPS) is 9.36. The molecule has 0 spiro atoms. The molecule has 2 aromatic rings. The zero-order chi connectivity index (χ0) is 14.9. The van der Waals surface area contributed by atoms with Gasteiger partial charge >= 0.3 is 11.9 Å². The van der Waals surface area contributed by atoms with Gasteiger partial charge in [0.15, 0.2) is 0 Å². The highest BCUT2D eigenvalue weighted by atomic mass is 35.5. The first-order valence-electron chi connectivity index (χ1n) is 5.46. The van der Waals surface area contributed by atoms with Gasteiger partial charge in [-0.2, -0.15) is 0 Å². The molecule has 118 valence electrons. The number of aromatic carboxylic acids is 2. The number of halogens is 4. The van der Waals surface area contributed by atoms with Crippen LogP contribution in [0.25, 0.3) is 11.1 Å². The van der Waals surface area contributed by atoms with Crippen molar-refractivity contribution in [2.24, 2.45) is 0 Å². The molecular formula is C14H10Cl4O4. The van der Waals surface area contributed by atoms with Gasteiger partial charge in [0.05, 0.1) is 11.1 Å². The largest absolute Gasteiger partial charge is 0.478 e. The zero-order valence-corrected chi connectivity index (χ0v) is 13.9. The molecule has 2 aromatic carbocycles. The molecule has 0 unspecified atom stereocenters. The van der Waals surface area contributed by atoms with Crippen molar-refractivity contribution in [3.8, 4) is 11.1 Å². The number of hydrogen-bond donors (Lipinski definition) is 2. The van der Waals surface area contributed by atoms with Crippen molar-refractivity contribution in [1.82, 2.24) is 0 Å². The smallest absolute Gasteiger partial charge is 0.335 e. The van der Waals surface area contributed by atoms with E-state index in [0.29, 0.717) is 11.1 Å². The summed E-state index contributed by atoms with van der Waals surface area (Å²) in [4.78, 5) is 21.7. The van der Waals surface area contributed by atoms with Gasteiger partial charge in [-0.1, -0.05) is 35.3 Å². The molecule has 0 aliphatic carbocycles. The number of carboxylic acids is 2. The Labute approximate surface area is 148 Å². The van der Waals surface area contributed by atoms with Gasteiger partial charge in [0.2, 0.25) is 0 Å². The Morgan fingerprint density at radius 3 is 1.27 bits per heavy atom. The molecule has 0 fully saturated rings. The van der Waals surface area contributed by atoms with Gasteiger partial charge in [0, 0.05) is 21.2 Å².